The Labute approximate surface area is 32.2 Å². The molecule has 0 aromatic heterocycles. The van der Waals surface area contributed by atoms with Crippen LogP contribution in [-0.4, -0.2) is 0 Å². The Morgan fingerprint density at radius 3 is 2.20 bits per heavy atom. The van der Waals surface area contributed by atoms with Gasteiger partial charge in [-0.3, -0.25) is 0 Å². The van der Waals surface area contributed by atoms with E-state index >= 15 is 0 Å². The van der Waals surface area contributed by atoms with Crippen LogP contribution in [0.2, 0.25) is 0 Å². The van der Waals surface area contributed by atoms with Crippen molar-refractivity contribution in [2.45, 2.75) is 12.8 Å². The SMILES string of the molecule is [C+]#CC1CC1. The molecule has 0 saturated heterocycles. The fraction of sp³-hybridized carbons (Fsp3) is 0.600. The third kappa shape index (κ3) is 0.524. The summed E-state index contributed by atoms with van der Waals surface area (Å²) in [5.74, 6) is 2.94. The van der Waals surface area contributed by atoms with Crippen LogP contribution >= 0.6 is 0 Å². The number of hydrogen-bond donors (Lipinski definition) is 0. The first-order valence-corrected chi connectivity index (χ1v) is 1.86. The van der Waals surface area contributed by atoms with Crippen LogP contribution in [0.3, 0.4) is 0 Å². The Hall–Kier alpha value is -0.220. The first-order chi connectivity index (χ1) is 2.43. The molecule has 1 aliphatic carbocycles. The third-order valence-corrected chi connectivity index (χ3v) is 0.781. The van der Waals surface area contributed by atoms with Crippen molar-refractivity contribution in [1.29, 1.82) is 0 Å². The van der Waals surface area contributed by atoms with Crippen molar-refractivity contribution in [3.63, 3.8) is 0 Å². The monoisotopic (exact) mass is 65.0 g/mol. The molecule has 0 aromatic rings. The van der Waals surface area contributed by atoms with Crippen LogP contribution in [0.4, 0.5) is 0 Å². The summed E-state index contributed by atoms with van der Waals surface area (Å²) in [7, 11) is 0. The van der Waals surface area contributed by atoms with Gasteiger partial charge in [-0.15, -0.1) is 0 Å². The molecule has 1 aliphatic rings. The maximum atomic E-state index is 6.47. The Bertz CT molecular complexity index is 62.6. The second kappa shape index (κ2) is 0.874. The molecular formula is C5H5+. The first kappa shape index (κ1) is 2.99. The molecule has 0 bridgehead atoms. The van der Waals surface area contributed by atoms with Crippen LogP contribution in [0, 0.1) is 18.3 Å². The fourth-order valence-corrected chi connectivity index (χ4v) is 0.228. The van der Waals surface area contributed by atoms with Crippen molar-refractivity contribution in [2.75, 3.05) is 0 Å². The topological polar surface area (TPSA) is 0 Å². The molecule has 0 amide bonds. The van der Waals surface area contributed by atoms with Gasteiger partial charge in [-0.2, -0.15) is 0 Å². The summed E-state index contributed by atoms with van der Waals surface area (Å²) >= 11 is 0. The van der Waals surface area contributed by atoms with Gasteiger partial charge in [0.05, 0.1) is 0 Å². The van der Waals surface area contributed by atoms with Gasteiger partial charge in [0.1, 0.15) is 0 Å². The minimum atomic E-state index is 0.551. The van der Waals surface area contributed by atoms with E-state index in [1.54, 1.807) is 0 Å². The van der Waals surface area contributed by atoms with Gasteiger partial charge in [-0.05, 0) is 0 Å². The summed E-state index contributed by atoms with van der Waals surface area (Å²) in [5, 5.41) is 0. The zero-order chi connectivity index (χ0) is 3.70. The minimum absolute atomic E-state index is 0.551. The zero-order valence-corrected chi connectivity index (χ0v) is 2.99. The molecule has 0 aromatic carbocycles. The standard InChI is InChI=1S/C5H5/c1-2-5-3-4-5/h5H,3-4H2/q+1. The molecule has 5 heavy (non-hydrogen) atoms. The van der Waals surface area contributed by atoms with Crippen molar-refractivity contribution in [1.82, 2.24) is 0 Å². The van der Waals surface area contributed by atoms with Gasteiger partial charge < -0.3 is 0 Å². The van der Waals surface area contributed by atoms with Crippen LogP contribution in [0.5, 0.6) is 0 Å². The van der Waals surface area contributed by atoms with E-state index < -0.39 is 0 Å². The average Bonchev–Trinajstić information content (AvgIpc) is 2.12. The van der Waals surface area contributed by atoms with E-state index in [4.69, 9.17) is 6.42 Å². The van der Waals surface area contributed by atoms with Crippen LogP contribution in [0.1, 0.15) is 12.8 Å². The Morgan fingerprint density at radius 1 is 1.60 bits per heavy atom. The fourth-order valence-electron chi connectivity index (χ4n) is 0.228. The molecule has 0 nitrogen and oxygen atoms in total. The molecule has 0 N–H and O–H groups in total. The second-order valence-corrected chi connectivity index (χ2v) is 1.42. The van der Waals surface area contributed by atoms with Crippen LogP contribution in [-0.2, 0) is 0 Å². The van der Waals surface area contributed by atoms with Crippen molar-refractivity contribution in [3.8, 4) is 5.92 Å². The van der Waals surface area contributed by atoms with Crippen molar-refractivity contribution >= 4 is 0 Å². The molecule has 1 fully saturated rings. The summed E-state index contributed by atoms with van der Waals surface area (Å²) < 4.78 is 0. The molecule has 0 radical (unpaired) electrons. The van der Waals surface area contributed by atoms with Gasteiger partial charge in [0.25, 0.3) is 0 Å². The van der Waals surface area contributed by atoms with E-state index in [2.05, 4.69) is 5.92 Å². The number of rotatable bonds is 0. The van der Waals surface area contributed by atoms with Crippen molar-refractivity contribution in [3.05, 3.63) is 6.42 Å². The van der Waals surface area contributed by atoms with E-state index in [0.717, 1.165) is 0 Å². The van der Waals surface area contributed by atoms with Gasteiger partial charge in [-0.25, -0.2) is 0 Å². The Balaban J connectivity index is 2.30. The van der Waals surface area contributed by atoms with E-state index in [1.807, 2.05) is 0 Å². The predicted molar refractivity (Wildman–Crippen MR) is 19.9 cm³/mol. The zero-order valence-electron chi connectivity index (χ0n) is 2.99. The molecule has 0 heteroatoms. The third-order valence-electron chi connectivity index (χ3n) is 0.781. The van der Waals surface area contributed by atoms with Gasteiger partial charge in [0.15, 0.2) is 0 Å². The van der Waals surface area contributed by atoms with Crippen molar-refractivity contribution in [2.24, 2.45) is 5.92 Å². The van der Waals surface area contributed by atoms with Gasteiger partial charge in [0.2, 0.25) is 0 Å². The van der Waals surface area contributed by atoms with E-state index in [-0.39, 0.29) is 0 Å². The van der Waals surface area contributed by atoms with E-state index in [1.165, 1.54) is 12.8 Å². The molecule has 0 aliphatic heterocycles. The summed E-state index contributed by atoms with van der Waals surface area (Å²) in [4.78, 5) is 0. The predicted octanol–water partition coefficient (Wildman–Crippen LogP) is 0.986. The summed E-state index contributed by atoms with van der Waals surface area (Å²) in [6, 6.07) is 0. The second-order valence-electron chi connectivity index (χ2n) is 1.42. The average molecular weight is 65.1 g/mol. The summed E-state index contributed by atoms with van der Waals surface area (Å²) in [6.07, 6.45) is 8.89. The van der Waals surface area contributed by atoms with Gasteiger partial charge >= 0.3 is 31.1 Å². The van der Waals surface area contributed by atoms with Crippen LogP contribution in [0.15, 0.2) is 0 Å². The summed E-state index contributed by atoms with van der Waals surface area (Å²) in [5.41, 5.74) is 0. The molecule has 0 heterocycles. The molecule has 1 saturated carbocycles. The molecule has 24 valence electrons. The Kier molecular flexibility index (Phi) is 0.523. The Morgan fingerprint density at radius 2 is 2.20 bits per heavy atom. The molecule has 1 rings (SSSR count). The first-order valence-electron chi connectivity index (χ1n) is 1.86. The maximum absolute atomic E-state index is 6.47. The molecule has 0 unspecified atom stereocenters. The quantitative estimate of drug-likeness (QED) is 0.291. The molecule has 0 spiro atoms. The number of hydrogen-bond acceptors (Lipinski definition) is 0. The molecular weight excluding hydrogens is 60.1 g/mol. The van der Waals surface area contributed by atoms with E-state index in [9.17, 15) is 0 Å². The molecule has 0 atom stereocenters. The summed E-state index contributed by atoms with van der Waals surface area (Å²) in [6.45, 7) is 0. The van der Waals surface area contributed by atoms with Crippen LogP contribution in [0.25, 0.3) is 0 Å². The van der Waals surface area contributed by atoms with Gasteiger partial charge in [-0.1, -0.05) is 0 Å². The van der Waals surface area contributed by atoms with E-state index in [0.29, 0.717) is 5.92 Å². The normalized spacial score (nSPS) is 22.0. The van der Waals surface area contributed by atoms with Gasteiger partial charge in [0, 0.05) is 0 Å². The van der Waals surface area contributed by atoms with Crippen molar-refractivity contribution < 1.29 is 0 Å². The van der Waals surface area contributed by atoms with Crippen LogP contribution < -0.4 is 0 Å².